The van der Waals surface area contributed by atoms with Gasteiger partial charge in [-0.25, -0.2) is 4.39 Å². The highest BCUT2D eigenvalue weighted by molar-refractivity contribution is 5.81. The lowest BCUT2D eigenvalue weighted by Gasteiger charge is -2.38. The molecule has 2 aliphatic rings. The number of likely N-dealkylation sites (tertiary alicyclic amines) is 2. The summed E-state index contributed by atoms with van der Waals surface area (Å²) in [7, 11) is 0. The van der Waals surface area contributed by atoms with Gasteiger partial charge >= 0.3 is 0 Å². The van der Waals surface area contributed by atoms with E-state index >= 15 is 0 Å². The van der Waals surface area contributed by atoms with E-state index in [-0.39, 0.29) is 23.8 Å². The van der Waals surface area contributed by atoms with Crippen molar-refractivity contribution in [2.75, 3.05) is 13.1 Å². The average molecular weight is 333 g/mol. The summed E-state index contributed by atoms with van der Waals surface area (Å²) in [6, 6.07) is 5.63. The maximum Gasteiger partial charge on any atom is 0.239 e. The van der Waals surface area contributed by atoms with Crippen molar-refractivity contribution in [2.45, 2.75) is 50.7 Å². The molecule has 2 fully saturated rings. The van der Waals surface area contributed by atoms with E-state index in [2.05, 4.69) is 4.90 Å². The monoisotopic (exact) mass is 333 g/mol. The summed E-state index contributed by atoms with van der Waals surface area (Å²) in [5, 5.41) is 0. The summed E-state index contributed by atoms with van der Waals surface area (Å²) >= 11 is 0. The number of hydrogen-bond donors (Lipinski definition) is 1. The molecule has 0 aliphatic carbocycles. The van der Waals surface area contributed by atoms with Crippen LogP contribution in [0.5, 0.6) is 0 Å². The van der Waals surface area contributed by atoms with Crippen molar-refractivity contribution in [3.8, 4) is 0 Å². The molecule has 1 aromatic carbocycles. The molecule has 130 valence electrons. The quantitative estimate of drug-likeness (QED) is 0.914. The SMILES string of the molecule is CC(=O)N1CCC[C@@H]1[C@@H]1CCCN1[C@@H](C(N)=O)c1ccc(F)cc1. The Kier molecular flexibility index (Phi) is 4.85. The van der Waals surface area contributed by atoms with Crippen molar-refractivity contribution >= 4 is 11.8 Å². The number of amides is 2. The van der Waals surface area contributed by atoms with Crippen molar-refractivity contribution < 1.29 is 14.0 Å². The molecule has 2 heterocycles. The van der Waals surface area contributed by atoms with Crippen molar-refractivity contribution in [2.24, 2.45) is 5.73 Å². The molecule has 2 amide bonds. The molecule has 1 aromatic rings. The average Bonchev–Trinajstić information content (AvgIpc) is 3.17. The molecule has 0 bridgehead atoms. The molecular formula is C18H24FN3O2. The van der Waals surface area contributed by atoms with Crippen LogP contribution in [-0.4, -0.2) is 46.8 Å². The van der Waals surface area contributed by atoms with Crippen LogP contribution in [0.15, 0.2) is 24.3 Å². The number of halogens is 1. The topological polar surface area (TPSA) is 66.6 Å². The van der Waals surface area contributed by atoms with Gasteiger partial charge in [-0.2, -0.15) is 0 Å². The highest BCUT2D eigenvalue weighted by Gasteiger charge is 2.42. The Morgan fingerprint density at radius 1 is 1.12 bits per heavy atom. The van der Waals surface area contributed by atoms with E-state index in [1.807, 2.05) is 4.90 Å². The third-order valence-electron chi connectivity index (χ3n) is 5.28. The van der Waals surface area contributed by atoms with Crippen LogP contribution in [0, 0.1) is 5.82 Å². The lowest BCUT2D eigenvalue weighted by molar-refractivity contribution is -0.131. The molecule has 2 aliphatic heterocycles. The van der Waals surface area contributed by atoms with E-state index in [9.17, 15) is 14.0 Å². The smallest absolute Gasteiger partial charge is 0.239 e. The fourth-order valence-electron chi connectivity index (χ4n) is 4.30. The lowest BCUT2D eigenvalue weighted by atomic mass is 9.98. The van der Waals surface area contributed by atoms with Gasteiger partial charge in [0, 0.05) is 25.6 Å². The van der Waals surface area contributed by atoms with E-state index in [0.29, 0.717) is 5.56 Å². The number of primary amides is 1. The van der Waals surface area contributed by atoms with Crippen LogP contribution in [0.25, 0.3) is 0 Å². The molecule has 6 heteroatoms. The summed E-state index contributed by atoms with van der Waals surface area (Å²) in [5.41, 5.74) is 6.40. The Morgan fingerprint density at radius 2 is 1.75 bits per heavy atom. The number of nitrogens with zero attached hydrogens (tertiary/aromatic N) is 2. The van der Waals surface area contributed by atoms with Gasteiger partial charge in [0.05, 0.1) is 0 Å². The molecule has 0 saturated carbocycles. The summed E-state index contributed by atoms with van der Waals surface area (Å²) in [6.45, 7) is 3.14. The van der Waals surface area contributed by atoms with Gasteiger partial charge in [-0.05, 0) is 49.9 Å². The molecule has 3 rings (SSSR count). The highest BCUT2D eigenvalue weighted by Crippen LogP contribution is 2.35. The summed E-state index contributed by atoms with van der Waals surface area (Å²) in [6.07, 6.45) is 3.86. The van der Waals surface area contributed by atoms with Crippen molar-refractivity contribution in [3.05, 3.63) is 35.6 Å². The van der Waals surface area contributed by atoms with Crippen LogP contribution in [0.4, 0.5) is 4.39 Å². The fraction of sp³-hybridized carbons (Fsp3) is 0.556. The van der Waals surface area contributed by atoms with Crippen LogP contribution in [0.3, 0.4) is 0 Å². The number of rotatable bonds is 4. The zero-order chi connectivity index (χ0) is 17.3. The van der Waals surface area contributed by atoms with Gasteiger partial charge < -0.3 is 10.6 Å². The number of hydrogen-bond acceptors (Lipinski definition) is 3. The Hall–Kier alpha value is -1.95. The van der Waals surface area contributed by atoms with Gasteiger partial charge in [-0.1, -0.05) is 12.1 Å². The van der Waals surface area contributed by atoms with Gasteiger partial charge in [0.2, 0.25) is 11.8 Å². The molecule has 3 atom stereocenters. The second-order valence-corrected chi connectivity index (χ2v) is 6.73. The van der Waals surface area contributed by atoms with E-state index in [1.165, 1.54) is 12.1 Å². The van der Waals surface area contributed by atoms with E-state index in [0.717, 1.165) is 38.8 Å². The first-order valence-electron chi connectivity index (χ1n) is 8.57. The van der Waals surface area contributed by atoms with Crippen LogP contribution in [-0.2, 0) is 9.59 Å². The van der Waals surface area contributed by atoms with Crippen LogP contribution < -0.4 is 5.73 Å². The molecule has 5 nitrogen and oxygen atoms in total. The molecule has 2 saturated heterocycles. The zero-order valence-electron chi connectivity index (χ0n) is 14.0. The standard InChI is InChI=1S/C18H24FN3O2/c1-12(23)21-10-2-4-15(21)16-5-3-11-22(16)17(18(20)24)13-6-8-14(19)9-7-13/h6-9,15-17H,2-5,10-11H2,1H3,(H2,20,24)/t15-,16+,17-/m1/s1. The van der Waals surface area contributed by atoms with Gasteiger partial charge in [0.25, 0.3) is 0 Å². The molecule has 0 aromatic heterocycles. The highest BCUT2D eigenvalue weighted by atomic mass is 19.1. The molecule has 0 radical (unpaired) electrons. The second kappa shape index (κ2) is 6.89. The van der Waals surface area contributed by atoms with E-state index in [1.54, 1.807) is 19.1 Å². The largest absolute Gasteiger partial charge is 0.368 e. The second-order valence-electron chi connectivity index (χ2n) is 6.73. The normalized spacial score (nSPS) is 25.8. The summed E-state index contributed by atoms with van der Waals surface area (Å²) in [4.78, 5) is 28.1. The van der Waals surface area contributed by atoms with Gasteiger partial charge in [0.1, 0.15) is 11.9 Å². The third kappa shape index (κ3) is 3.15. The van der Waals surface area contributed by atoms with Gasteiger partial charge in [-0.15, -0.1) is 0 Å². The Labute approximate surface area is 141 Å². The van der Waals surface area contributed by atoms with E-state index in [4.69, 9.17) is 5.73 Å². The number of nitrogens with two attached hydrogens (primary N) is 1. The van der Waals surface area contributed by atoms with Gasteiger partial charge in [0.15, 0.2) is 0 Å². The maximum absolute atomic E-state index is 13.2. The predicted octanol–water partition coefficient (Wildman–Crippen LogP) is 1.83. The zero-order valence-corrected chi connectivity index (χ0v) is 14.0. The molecule has 0 spiro atoms. The molecule has 2 N–H and O–H groups in total. The van der Waals surface area contributed by atoms with Crippen molar-refractivity contribution in [1.29, 1.82) is 0 Å². The first-order valence-corrected chi connectivity index (χ1v) is 8.57. The summed E-state index contributed by atoms with van der Waals surface area (Å²) in [5.74, 6) is -0.680. The number of carbonyl (C=O) groups is 2. The maximum atomic E-state index is 13.2. The Bertz CT molecular complexity index is 619. The van der Waals surface area contributed by atoms with Gasteiger partial charge in [-0.3, -0.25) is 14.5 Å². The first-order chi connectivity index (χ1) is 11.5. The Balaban J connectivity index is 1.88. The first kappa shape index (κ1) is 16.9. The van der Waals surface area contributed by atoms with Crippen molar-refractivity contribution in [3.63, 3.8) is 0 Å². The van der Waals surface area contributed by atoms with Crippen molar-refractivity contribution in [1.82, 2.24) is 9.80 Å². The number of carbonyl (C=O) groups excluding carboxylic acids is 2. The minimum atomic E-state index is -0.576. The predicted molar refractivity (Wildman–Crippen MR) is 88.5 cm³/mol. The van der Waals surface area contributed by atoms with Crippen LogP contribution in [0.2, 0.25) is 0 Å². The minimum Gasteiger partial charge on any atom is -0.368 e. The van der Waals surface area contributed by atoms with Crippen LogP contribution in [0.1, 0.15) is 44.2 Å². The third-order valence-corrected chi connectivity index (χ3v) is 5.28. The molecular weight excluding hydrogens is 309 g/mol. The molecule has 0 unspecified atom stereocenters. The Morgan fingerprint density at radius 3 is 2.38 bits per heavy atom. The number of benzene rings is 1. The van der Waals surface area contributed by atoms with E-state index < -0.39 is 11.9 Å². The minimum absolute atomic E-state index is 0.0850. The lowest BCUT2D eigenvalue weighted by Crippen LogP contribution is -2.50. The van der Waals surface area contributed by atoms with Crippen LogP contribution >= 0.6 is 0 Å². The fourth-order valence-corrected chi connectivity index (χ4v) is 4.30. The summed E-state index contributed by atoms with van der Waals surface area (Å²) < 4.78 is 13.2. The molecule has 24 heavy (non-hydrogen) atoms.